The summed E-state index contributed by atoms with van der Waals surface area (Å²) >= 11 is 0. The molecule has 0 atom stereocenters. The van der Waals surface area contributed by atoms with Crippen molar-refractivity contribution in [1.29, 1.82) is 0 Å². The van der Waals surface area contributed by atoms with Crippen LogP contribution in [0.5, 0.6) is 0 Å². The highest BCUT2D eigenvalue weighted by Gasteiger charge is 2.02. The second-order valence-electron chi connectivity index (χ2n) is 2.02. The van der Waals surface area contributed by atoms with Crippen molar-refractivity contribution in [2.24, 2.45) is 0 Å². The third-order valence-corrected chi connectivity index (χ3v) is 1.31. The van der Waals surface area contributed by atoms with Gasteiger partial charge in [-0.15, -0.1) is 9.94 Å². The number of fused-ring (bicyclic) bond motifs is 1. The lowest BCUT2D eigenvalue weighted by Crippen LogP contribution is -2.04. The summed E-state index contributed by atoms with van der Waals surface area (Å²) in [5, 5.41) is 12.6. The molecule has 6 heteroatoms. The Balaban J connectivity index is 3.02. The Morgan fingerprint density at radius 2 is 2.45 bits per heavy atom. The highest BCUT2D eigenvalue weighted by atomic mass is 16.5. The molecule has 0 spiro atoms. The molecule has 0 fully saturated rings. The molecule has 0 bridgehead atoms. The quantitative estimate of drug-likeness (QED) is 0.491. The lowest BCUT2D eigenvalue weighted by molar-refractivity contribution is 0.151. The number of H-pyrrole nitrogens is 1. The SMILES string of the molecule is O=c1[nH]cnc2nn(O)cc12. The van der Waals surface area contributed by atoms with E-state index >= 15 is 0 Å². The molecule has 0 saturated heterocycles. The lowest BCUT2D eigenvalue weighted by atomic mass is 10.4. The summed E-state index contributed by atoms with van der Waals surface area (Å²) in [6, 6.07) is 0. The Morgan fingerprint density at radius 1 is 1.64 bits per heavy atom. The fourth-order valence-electron chi connectivity index (χ4n) is 0.838. The van der Waals surface area contributed by atoms with Crippen LogP contribution in [0.4, 0.5) is 0 Å². The van der Waals surface area contributed by atoms with Gasteiger partial charge in [-0.3, -0.25) is 4.79 Å². The monoisotopic (exact) mass is 152 g/mol. The molecule has 6 nitrogen and oxygen atoms in total. The highest BCUT2D eigenvalue weighted by Crippen LogP contribution is 1.98. The van der Waals surface area contributed by atoms with Crippen molar-refractivity contribution in [2.75, 3.05) is 0 Å². The van der Waals surface area contributed by atoms with Gasteiger partial charge in [0.25, 0.3) is 5.56 Å². The second-order valence-corrected chi connectivity index (χ2v) is 2.02. The van der Waals surface area contributed by atoms with Crippen LogP contribution >= 0.6 is 0 Å². The molecular weight excluding hydrogens is 148 g/mol. The number of aromatic nitrogens is 4. The van der Waals surface area contributed by atoms with Gasteiger partial charge in [-0.2, -0.15) is 0 Å². The molecule has 56 valence electrons. The maximum atomic E-state index is 10.9. The molecule has 2 aromatic rings. The van der Waals surface area contributed by atoms with Gasteiger partial charge < -0.3 is 10.2 Å². The first kappa shape index (κ1) is 5.90. The van der Waals surface area contributed by atoms with Gasteiger partial charge in [0.2, 0.25) is 0 Å². The van der Waals surface area contributed by atoms with Crippen LogP contribution in [0.3, 0.4) is 0 Å². The molecule has 0 aliphatic heterocycles. The summed E-state index contributed by atoms with van der Waals surface area (Å²) in [6.07, 6.45) is 2.43. The molecule has 2 heterocycles. The van der Waals surface area contributed by atoms with E-state index in [4.69, 9.17) is 5.21 Å². The van der Waals surface area contributed by atoms with Gasteiger partial charge in [0, 0.05) is 0 Å². The number of nitrogens with one attached hydrogen (secondary N) is 1. The lowest BCUT2D eigenvalue weighted by Gasteiger charge is -1.80. The van der Waals surface area contributed by atoms with Crippen LogP contribution in [0.1, 0.15) is 0 Å². The number of rotatable bonds is 0. The van der Waals surface area contributed by atoms with Crippen molar-refractivity contribution in [3.05, 3.63) is 22.9 Å². The van der Waals surface area contributed by atoms with E-state index in [1.54, 1.807) is 0 Å². The average molecular weight is 152 g/mol. The fourth-order valence-corrected chi connectivity index (χ4v) is 0.838. The molecular formula is C5H4N4O2. The molecule has 0 aliphatic carbocycles. The van der Waals surface area contributed by atoms with E-state index in [9.17, 15) is 4.79 Å². The van der Waals surface area contributed by atoms with Crippen molar-refractivity contribution in [2.45, 2.75) is 0 Å². The Bertz CT molecular complexity index is 443. The predicted molar refractivity (Wildman–Crippen MR) is 35.3 cm³/mol. The smallest absolute Gasteiger partial charge is 0.261 e. The molecule has 0 aliphatic rings. The van der Waals surface area contributed by atoms with Crippen LogP contribution in [0.2, 0.25) is 0 Å². The highest BCUT2D eigenvalue weighted by molar-refractivity contribution is 5.71. The topological polar surface area (TPSA) is 83.8 Å². The maximum Gasteiger partial charge on any atom is 0.261 e. The minimum atomic E-state index is -0.310. The van der Waals surface area contributed by atoms with Crippen LogP contribution < -0.4 is 5.56 Å². The van der Waals surface area contributed by atoms with Crippen molar-refractivity contribution in [1.82, 2.24) is 19.9 Å². The number of hydrogen-bond acceptors (Lipinski definition) is 4. The van der Waals surface area contributed by atoms with Gasteiger partial charge >= 0.3 is 0 Å². The van der Waals surface area contributed by atoms with Crippen molar-refractivity contribution >= 4 is 11.0 Å². The Labute approximate surface area is 60.1 Å². The number of nitrogens with zero attached hydrogens (tertiary/aromatic N) is 3. The molecule has 0 radical (unpaired) electrons. The summed E-state index contributed by atoms with van der Waals surface area (Å²) in [7, 11) is 0. The van der Waals surface area contributed by atoms with Crippen molar-refractivity contribution in [3.63, 3.8) is 0 Å². The molecule has 2 rings (SSSR count). The van der Waals surface area contributed by atoms with E-state index in [0.29, 0.717) is 4.85 Å². The van der Waals surface area contributed by atoms with E-state index in [2.05, 4.69) is 15.1 Å². The Hall–Kier alpha value is -1.85. The first-order valence-electron chi connectivity index (χ1n) is 2.90. The zero-order valence-corrected chi connectivity index (χ0v) is 5.35. The first-order valence-corrected chi connectivity index (χ1v) is 2.90. The molecule has 2 aromatic heterocycles. The molecule has 11 heavy (non-hydrogen) atoms. The minimum absolute atomic E-state index is 0.233. The van der Waals surface area contributed by atoms with E-state index in [1.807, 2.05) is 0 Å². The summed E-state index contributed by atoms with van der Waals surface area (Å²) < 4.78 is 0. The van der Waals surface area contributed by atoms with Crippen LogP contribution in [0, 0.1) is 0 Å². The summed E-state index contributed by atoms with van der Waals surface area (Å²) in [4.78, 5) is 17.6. The van der Waals surface area contributed by atoms with Crippen molar-refractivity contribution < 1.29 is 5.21 Å². The zero-order valence-electron chi connectivity index (χ0n) is 5.35. The summed E-state index contributed by atoms with van der Waals surface area (Å²) in [6.45, 7) is 0. The Morgan fingerprint density at radius 3 is 3.18 bits per heavy atom. The molecule has 0 unspecified atom stereocenters. The van der Waals surface area contributed by atoms with Gasteiger partial charge in [-0.1, -0.05) is 0 Å². The van der Waals surface area contributed by atoms with E-state index in [1.165, 1.54) is 12.5 Å². The molecule has 2 N–H and O–H groups in total. The molecule has 0 amide bonds. The normalized spacial score (nSPS) is 10.5. The number of aromatic amines is 1. The maximum absolute atomic E-state index is 10.9. The average Bonchev–Trinajstić information content (AvgIpc) is 2.31. The molecule has 0 aromatic carbocycles. The standard InChI is InChI=1S/C5H4N4O2/c10-5-3-1-9(11)8-4(3)6-2-7-5/h1-2,11H,(H,6,7,8,10). The van der Waals surface area contributed by atoms with Crippen LogP contribution in [-0.2, 0) is 0 Å². The van der Waals surface area contributed by atoms with E-state index in [-0.39, 0.29) is 16.6 Å². The predicted octanol–water partition coefficient (Wildman–Crippen LogP) is -0.643. The largest absolute Gasteiger partial charge is 0.412 e. The second kappa shape index (κ2) is 1.82. The fraction of sp³-hybridized carbons (Fsp3) is 0. The van der Waals surface area contributed by atoms with Gasteiger partial charge in [0.1, 0.15) is 5.39 Å². The van der Waals surface area contributed by atoms with Gasteiger partial charge in [0.05, 0.1) is 12.5 Å². The minimum Gasteiger partial charge on any atom is -0.412 e. The Kier molecular flexibility index (Phi) is 0.974. The third-order valence-electron chi connectivity index (χ3n) is 1.31. The van der Waals surface area contributed by atoms with Crippen LogP contribution in [0.15, 0.2) is 17.3 Å². The van der Waals surface area contributed by atoms with Gasteiger partial charge in [-0.25, -0.2) is 4.98 Å². The van der Waals surface area contributed by atoms with E-state index in [0.717, 1.165) is 0 Å². The van der Waals surface area contributed by atoms with Crippen molar-refractivity contribution in [3.8, 4) is 0 Å². The van der Waals surface area contributed by atoms with Crippen LogP contribution in [-0.4, -0.2) is 25.1 Å². The van der Waals surface area contributed by atoms with Gasteiger partial charge in [0.15, 0.2) is 5.65 Å². The summed E-state index contributed by atoms with van der Waals surface area (Å²) in [5.74, 6) is 0. The first-order chi connectivity index (χ1) is 5.27. The van der Waals surface area contributed by atoms with E-state index < -0.39 is 0 Å². The van der Waals surface area contributed by atoms with Gasteiger partial charge in [-0.05, 0) is 0 Å². The third kappa shape index (κ3) is 0.759. The molecule has 0 saturated carbocycles. The van der Waals surface area contributed by atoms with Crippen LogP contribution in [0.25, 0.3) is 11.0 Å². The number of hydrogen-bond donors (Lipinski definition) is 2. The zero-order chi connectivity index (χ0) is 7.84. The summed E-state index contributed by atoms with van der Waals surface area (Å²) in [5.41, 5.74) is -0.0773.